The predicted octanol–water partition coefficient (Wildman–Crippen LogP) is 3.23. The Hall–Kier alpha value is -3.85. The third-order valence-electron chi connectivity index (χ3n) is 7.89. The van der Waals surface area contributed by atoms with Crippen molar-refractivity contribution in [2.24, 2.45) is 11.8 Å². The SMILES string of the molecule is CC1=C[C@@H]2[C@@H]3C(=O)N(C[C@@H]4CCCO4)C(=O)[C@H]3[C@H](C(=O)c3ccc([N+](=O)[O-])cc3)N2c2ccccc21. The number of non-ortho nitro benzene ring substituents is 1. The lowest BCUT2D eigenvalue weighted by Crippen LogP contribution is -2.49. The Morgan fingerprint density at radius 3 is 2.50 bits per heavy atom. The zero-order chi connectivity index (χ0) is 25.1. The van der Waals surface area contributed by atoms with Crippen molar-refractivity contribution in [3.63, 3.8) is 0 Å². The quantitative estimate of drug-likeness (QED) is 0.276. The molecular formula is C27H25N3O6. The van der Waals surface area contributed by atoms with Gasteiger partial charge in [-0.1, -0.05) is 24.3 Å². The Kier molecular flexibility index (Phi) is 5.26. The number of allylic oxidation sites excluding steroid dienone is 1. The summed E-state index contributed by atoms with van der Waals surface area (Å²) in [6.07, 6.45) is 3.49. The number of nitrogens with zero attached hydrogens (tertiary/aromatic N) is 3. The molecule has 0 saturated carbocycles. The van der Waals surface area contributed by atoms with E-state index in [0.29, 0.717) is 6.61 Å². The predicted molar refractivity (Wildman–Crippen MR) is 130 cm³/mol. The summed E-state index contributed by atoms with van der Waals surface area (Å²) in [7, 11) is 0. The molecule has 184 valence electrons. The lowest BCUT2D eigenvalue weighted by atomic mass is 9.85. The Labute approximate surface area is 207 Å². The first-order chi connectivity index (χ1) is 17.4. The van der Waals surface area contributed by atoms with Gasteiger partial charge >= 0.3 is 0 Å². The van der Waals surface area contributed by atoms with Crippen molar-refractivity contribution in [3.05, 3.63) is 75.8 Å². The summed E-state index contributed by atoms with van der Waals surface area (Å²) < 4.78 is 5.69. The summed E-state index contributed by atoms with van der Waals surface area (Å²) in [5.74, 6) is -2.47. The van der Waals surface area contributed by atoms with Crippen molar-refractivity contribution < 1.29 is 24.0 Å². The van der Waals surface area contributed by atoms with Gasteiger partial charge in [0.1, 0.15) is 6.04 Å². The average molecular weight is 488 g/mol. The van der Waals surface area contributed by atoms with Gasteiger partial charge in [-0.15, -0.1) is 0 Å². The number of likely N-dealkylation sites (tertiary alicyclic amines) is 1. The molecule has 4 heterocycles. The van der Waals surface area contributed by atoms with Crippen molar-refractivity contribution >= 4 is 34.5 Å². The van der Waals surface area contributed by atoms with Crippen LogP contribution >= 0.6 is 0 Å². The van der Waals surface area contributed by atoms with Gasteiger partial charge < -0.3 is 9.64 Å². The van der Waals surface area contributed by atoms with E-state index in [2.05, 4.69) is 0 Å². The molecule has 2 amide bonds. The zero-order valence-electron chi connectivity index (χ0n) is 19.7. The van der Waals surface area contributed by atoms with Crippen LogP contribution in [-0.2, 0) is 14.3 Å². The third-order valence-corrected chi connectivity index (χ3v) is 7.89. The number of rotatable bonds is 5. The molecule has 0 radical (unpaired) electrons. The number of carbonyl (C=O) groups is 3. The van der Waals surface area contributed by atoms with Crippen LogP contribution in [-0.4, -0.2) is 58.8 Å². The second-order valence-electron chi connectivity index (χ2n) is 9.85. The van der Waals surface area contributed by atoms with Crippen LogP contribution in [0, 0.1) is 22.0 Å². The van der Waals surface area contributed by atoms with Crippen molar-refractivity contribution in [1.29, 1.82) is 0 Å². The van der Waals surface area contributed by atoms with E-state index in [-0.39, 0.29) is 41.5 Å². The van der Waals surface area contributed by atoms with Gasteiger partial charge in [0.25, 0.3) is 5.69 Å². The molecule has 0 spiro atoms. The molecule has 4 aliphatic rings. The normalized spacial score (nSPS) is 28.6. The van der Waals surface area contributed by atoms with Crippen LogP contribution in [0.3, 0.4) is 0 Å². The molecule has 6 rings (SSSR count). The molecule has 3 fully saturated rings. The van der Waals surface area contributed by atoms with Gasteiger partial charge in [0.05, 0.1) is 35.4 Å². The number of anilines is 1. The Balaban J connectivity index is 1.44. The number of fused-ring (bicyclic) bond motifs is 5. The average Bonchev–Trinajstić information content (AvgIpc) is 3.57. The summed E-state index contributed by atoms with van der Waals surface area (Å²) in [5, 5.41) is 11.1. The summed E-state index contributed by atoms with van der Waals surface area (Å²) >= 11 is 0. The molecule has 0 aliphatic carbocycles. The molecule has 4 aliphatic heterocycles. The summed E-state index contributed by atoms with van der Waals surface area (Å²) in [6, 6.07) is 11.7. The number of carbonyl (C=O) groups excluding carboxylic acids is 3. The molecule has 2 aromatic rings. The Morgan fingerprint density at radius 2 is 1.81 bits per heavy atom. The minimum absolute atomic E-state index is 0.120. The standard InChI is InChI=1S/C27H25N3O6/c1-15-13-21-22-23(27(33)28(26(22)32)14-18-5-4-12-36-18)24(29(21)20-7-3-2-6-19(15)20)25(31)16-8-10-17(11-9-16)30(34)35/h2-3,6-11,13,18,21-24H,4-5,12,14H2,1H3/t18-,21+,22-,23+,24+/m0/s1. The van der Waals surface area contributed by atoms with E-state index >= 15 is 0 Å². The van der Waals surface area contributed by atoms with E-state index in [1.807, 2.05) is 42.2 Å². The highest BCUT2D eigenvalue weighted by Gasteiger charge is 2.64. The summed E-state index contributed by atoms with van der Waals surface area (Å²) in [4.78, 5) is 55.2. The van der Waals surface area contributed by atoms with Crippen LogP contribution in [0.15, 0.2) is 54.6 Å². The molecule has 5 atom stereocenters. The molecule has 0 bridgehead atoms. The van der Waals surface area contributed by atoms with E-state index in [0.717, 1.165) is 29.7 Å². The minimum atomic E-state index is -0.905. The molecule has 0 aromatic heterocycles. The fourth-order valence-electron chi connectivity index (χ4n) is 6.25. The summed E-state index contributed by atoms with van der Waals surface area (Å²) in [5.41, 5.74) is 2.90. The molecule has 9 heteroatoms. The monoisotopic (exact) mass is 487 g/mol. The van der Waals surface area contributed by atoms with Crippen LogP contribution in [0.25, 0.3) is 5.57 Å². The van der Waals surface area contributed by atoms with E-state index in [1.165, 1.54) is 29.2 Å². The smallest absolute Gasteiger partial charge is 0.269 e. The number of benzene rings is 2. The van der Waals surface area contributed by atoms with Gasteiger partial charge in [0, 0.05) is 35.6 Å². The fourth-order valence-corrected chi connectivity index (χ4v) is 6.25. The number of nitro groups is 1. The summed E-state index contributed by atoms with van der Waals surface area (Å²) in [6.45, 7) is 2.79. The lowest BCUT2D eigenvalue weighted by Gasteiger charge is -2.38. The Morgan fingerprint density at radius 1 is 1.08 bits per heavy atom. The zero-order valence-corrected chi connectivity index (χ0v) is 19.7. The number of Topliss-reactive ketones (excluding diaryl/α,β-unsaturated/α-hetero) is 1. The number of para-hydroxylation sites is 1. The number of ketones is 1. The first kappa shape index (κ1) is 22.6. The van der Waals surface area contributed by atoms with Crippen molar-refractivity contribution in [1.82, 2.24) is 4.90 Å². The van der Waals surface area contributed by atoms with Gasteiger partial charge in [0.2, 0.25) is 11.8 Å². The Bertz CT molecular complexity index is 1310. The van der Waals surface area contributed by atoms with Gasteiger partial charge in [-0.3, -0.25) is 29.4 Å². The molecule has 0 N–H and O–H groups in total. The van der Waals surface area contributed by atoms with E-state index in [4.69, 9.17) is 4.74 Å². The van der Waals surface area contributed by atoms with Crippen molar-refractivity contribution in [3.8, 4) is 0 Å². The van der Waals surface area contributed by atoms with Crippen molar-refractivity contribution in [2.75, 3.05) is 18.1 Å². The third kappa shape index (κ3) is 3.30. The molecular weight excluding hydrogens is 462 g/mol. The maximum absolute atomic E-state index is 14.0. The molecule has 36 heavy (non-hydrogen) atoms. The number of hydrogen-bond donors (Lipinski definition) is 0. The number of hydrogen-bond acceptors (Lipinski definition) is 7. The topological polar surface area (TPSA) is 110 Å². The maximum atomic E-state index is 14.0. The number of imide groups is 1. The second kappa shape index (κ2) is 8.37. The highest BCUT2D eigenvalue weighted by Crippen LogP contribution is 2.50. The lowest BCUT2D eigenvalue weighted by molar-refractivity contribution is -0.384. The number of nitro benzene ring substituents is 1. The first-order valence-electron chi connectivity index (χ1n) is 12.2. The van der Waals surface area contributed by atoms with Gasteiger partial charge in [-0.05, 0) is 43.5 Å². The van der Waals surface area contributed by atoms with E-state index in [9.17, 15) is 24.5 Å². The largest absolute Gasteiger partial charge is 0.376 e. The van der Waals surface area contributed by atoms with E-state index < -0.39 is 28.8 Å². The van der Waals surface area contributed by atoms with Crippen LogP contribution in [0.2, 0.25) is 0 Å². The van der Waals surface area contributed by atoms with Gasteiger partial charge in [0.15, 0.2) is 5.78 Å². The number of ether oxygens (including phenoxy) is 1. The first-order valence-corrected chi connectivity index (χ1v) is 12.2. The highest BCUT2D eigenvalue weighted by molar-refractivity contribution is 6.14. The highest BCUT2D eigenvalue weighted by atomic mass is 16.6. The van der Waals surface area contributed by atoms with E-state index in [1.54, 1.807) is 0 Å². The molecule has 3 saturated heterocycles. The fraction of sp³-hybridized carbons (Fsp3) is 0.370. The van der Waals surface area contributed by atoms with Crippen molar-refractivity contribution in [2.45, 2.75) is 38.0 Å². The van der Waals surface area contributed by atoms with Crippen LogP contribution < -0.4 is 4.90 Å². The second-order valence-corrected chi connectivity index (χ2v) is 9.85. The molecule has 2 aromatic carbocycles. The molecule has 0 unspecified atom stereocenters. The maximum Gasteiger partial charge on any atom is 0.269 e. The minimum Gasteiger partial charge on any atom is -0.376 e. The van der Waals surface area contributed by atoms with Gasteiger partial charge in [-0.25, -0.2) is 0 Å². The van der Waals surface area contributed by atoms with Crippen LogP contribution in [0.1, 0.15) is 35.7 Å². The number of amides is 2. The van der Waals surface area contributed by atoms with Crippen LogP contribution in [0.4, 0.5) is 11.4 Å². The molecule has 9 nitrogen and oxygen atoms in total. The van der Waals surface area contributed by atoms with Gasteiger partial charge in [-0.2, -0.15) is 0 Å². The van der Waals surface area contributed by atoms with Crippen LogP contribution in [0.5, 0.6) is 0 Å².